The third kappa shape index (κ3) is 5.74. The van der Waals surface area contributed by atoms with Gasteiger partial charge in [-0.15, -0.1) is 21.4 Å². The number of aromatic nitrogens is 3. The summed E-state index contributed by atoms with van der Waals surface area (Å²) in [4.78, 5) is 19.0. The summed E-state index contributed by atoms with van der Waals surface area (Å²) >= 11 is 6.98. The van der Waals surface area contributed by atoms with Gasteiger partial charge in [-0.1, -0.05) is 112 Å². The van der Waals surface area contributed by atoms with Crippen LogP contribution in [-0.4, -0.2) is 24.6 Å². The Hall–Kier alpha value is -2.89. The first-order valence-electron chi connectivity index (χ1n) is 11.9. The molecular formula is C28H32ClN3O3P+. The lowest BCUT2D eigenvalue weighted by molar-refractivity contribution is 0.276. The molecule has 0 aliphatic heterocycles. The summed E-state index contributed by atoms with van der Waals surface area (Å²) in [5, 5.41) is 4.78. The van der Waals surface area contributed by atoms with Crippen LogP contribution in [0.3, 0.4) is 0 Å². The van der Waals surface area contributed by atoms with Crippen LogP contribution in [0, 0.1) is 5.41 Å². The predicted molar refractivity (Wildman–Crippen MR) is 144 cm³/mol. The molecule has 0 bridgehead atoms. The highest BCUT2D eigenvalue weighted by atomic mass is 35.5. The zero-order valence-electron chi connectivity index (χ0n) is 20.7. The maximum Gasteiger partial charge on any atom is 0.692 e. The molecule has 0 aliphatic carbocycles. The molecule has 0 radical (unpaired) electrons. The van der Waals surface area contributed by atoms with E-state index in [-0.39, 0.29) is 10.8 Å². The van der Waals surface area contributed by atoms with Crippen LogP contribution in [0.5, 0.6) is 0 Å². The van der Waals surface area contributed by atoms with Crippen LogP contribution < -0.4 is 0 Å². The van der Waals surface area contributed by atoms with E-state index >= 15 is 0 Å². The standard InChI is InChI=1S/C28H30ClN3.HO3P/c1-4-27(3,5-2)25(29)26-30-21-32(31-26)28(22-15-9-6-10-16-22,23-17-11-7-12-18-23)24-19-13-8-14-20-24;1-4(2)3/h6-21,25H,4-5H2,1-3H3;(H-,1,2,3)/p+1. The van der Waals surface area contributed by atoms with E-state index in [0.717, 1.165) is 29.5 Å². The lowest BCUT2D eigenvalue weighted by atomic mass is 9.77. The summed E-state index contributed by atoms with van der Waals surface area (Å²) in [5.74, 6) is 0.671. The highest BCUT2D eigenvalue weighted by Crippen LogP contribution is 2.44. The Balaban J connectivity index is 0.000000840. The van der Waals surface area contributed by atoms with E-state index in [0.29, 0.717) is 5.82 Å². The van der Waals surface area contributed by atoms with Crippen LogP contribution in [0.1, 0.15) is 61.5 Å². The Kier molecular flexibility index (Phi) is 9.52. The Morgan fingerprint density at radius 3 is 1.53 bits per heavy atom. The van der Waals surface area contributed by atoms with E-state index in [2.05, 4.69) is 93.6 Å². The lowest BCUT2D eigenvalue weighted by Crippen LogP contribution is -2.38. The topological polar surface area (TPSA) is 88.2 Å². The van der Waals surface area contributed by atoms with Crippen molar-refractivity contribution in [2.75, 3.05) is 0 Å². The van der Waals surface area contributed by atoms with Crippen molar-refractivity contribution in [2.24, 2.45) is 5.41 Å². The molecule has 2 N–H and O–H groups in total. The third-order valence-corrected chi connectivity index (χ3v) is 7.60. The number of hydrogen-bond acceptors (Lipinski definition) is 3. The second-order valence-electron chi connectivity index (χ2n) is 8.83. The molecule has 1 atom stereocenters. The van der Waals surface area contributed by atoms with Gasteiger partial charge in [0.05, 0.1) is 0 Å². The molecule has 4 aromatic rings. The Morgan fingerprint density at radius 1 is 0.833 bits per heavy atom. The maximum atomic E-state index is 8.70. The van der Waals surface area contributed by atoms with E-state index in [1.807, 2.05) is 29.2 Å². The van der Waals surface area contributed by atoms with Gasteiger partial charge in [0.1, 0.15) is 17.2 Å². The fourth-order valence-electron chi connectivity index (χ4n) is 4.41. The van der Waals surface area contributed by atoms with E-state index in [1.165, 1.54) is 0 Å². The van der Waals surface area contributed by atoms with Crippen LogP contribution in [0.2, 0.25) is 0 Å². The molecule has 188 valence electrons. The average Bonchev–Trinajstić information content (AvgIpc) is 3.40. The Bertz CT molecular complexity index is 1130. The van der Waals surface area contributed by atoms with Gasteiger partial charge in [-0.25, -0.2) is 9.67 Å². The molecule has 8 heteroatoms. The maximum absolute atomic E-state index is 8.70. The van der Waals surface area contributed by atoms with Gasteiger partial charge in [-0.2, -0.15) is 5.10 Å². The summed E-state index contributed by atoms with van der Waals surface area (Å²) in [7, 11) is -2.87. The smallest absolute Gasteiger partial charge is 0.233 e. The van der Waals surface area contributed by atoms with Crippen LogP contribution >= 0.6 is 19.9 Å². The van der Waals surface area contributed by atoms with Gasteiger partial charge in [-0.05, 0) is 34.9 Å². The van der Waals surface area contributed by atoms with Crippen molar-refractivity contribution in [3.05, 3.63) is 120 Å². The van der Waals surface area contributed by atoms with Crippen LogP contribution in [0.4, 0.5) is 0 Å². The summed E-state index contributed by atoms with van der Waals surface area (Å²) in [6.07, 6.45) is 3.77. The van der Waals surface area contributed by atoms with Crippen molar-refractivity contribution in [1.29, 1.82) is 0 Å². The van der Waals surface area contributed by atoms with Gasteiger partial charge < -0.3 is 0 Å². The van der Waals surface area contributed by atoms with E-state index in [1.54, 1.807) is 0 Å². The van der Waals surface area contributed by atoms with Crippen LogP contribution in [0.25, 0.3) is 0 Å². The Morgan fingerprint density at radius 2 is 1.19 bits per heavy atom. The van der Waals surface area contributed by atoms with E-state index in [4.69, 9.17) is 36.0 Å². The molecule has 6 nitrogen and oxygen atoms in total. The molecule has 0 spiro atoms. The number of halogens is 1. The quantitative estimate of drug-likeness (QED) is 0.149. The monoisotopic (exact) mass is 524 g/mol. The summed E-state index contributed by atoms with van der Waals surface area (Å²) in [6, 6.07) is 31.5. The van der Waals surface area contributed by atoms with Gasteiger partial charge in [0.25, 0.3) is 0 Å². The number of hydrogen-bond donors (Lipinski definition) is 2. The molecule has 1 heterocycles. The molecule has 1 unspecified atom stereocenters. The summed E-state index contributed by atoms with van der Waals surface area (Å²) in [6.45, 7) is 6.57. The first-order valence-corrected chi connectivity index (χ1v) is 13.5. The minimum atomic E-state index is -2.87. The molecule has 4 rings (SSSR count). The molecule has 0 saturated carbocycles. The number of nitrogens with zero attached hydrogens (tertiary/aromatic N) is 3. The van der Waals surface area contributed by atoms with Crippen molar-refractivity contribution in [3.8, 4) is 0 Å². The summed E-state index contributed by atoms with van der Waals surface area (Å²) in [5.41, 5.74) is 2.62. The largest absolute Gasteiger partial charge is 0.692 e. The predicted octanol–water partition coefficient (Wildman–Crippen LogP) is 6.85. The van der Waals surface area contributed by atoms with Crippen LogP contribution in [-0.2, 0) is 10.1 Å². The number of rotatable bonds is 8. The first-order chi connectivity index (χ1) is 17.3. The minimum absolute atomic E-state index is 0.0668. The highest BCUT2D eigenvalue weighted by molar-refractivity contribution is 7.30. The molecule has 36 heavy (non-hydrogen) atoms. The van der Waals surface area contributed by atoms with Gasteiger partial charge in [-0.3, -0.25) is 0 Å². The molecule has 3 aromatic carbocycles. The second-order valence-corrected chi connectivity index (χ2v) is 9.77. The first kappa shape index (κ1) is 27.7. The van der Waals surface area contributed by atoms with Crippen molar-refractivity contribution in [1.82, 2.24) is 14.8 Å². The van der Waals surface area contributed by atoms with Crippen molar-refractivity contribution in [2.45, 2.75) is 44.5 Å². The lowest BCUT2D eigenvalue weighted by Gasteiger charge is -2.36. The third-order valence-electron chi connectivity index (χ3n) is 6.88. The zero-order chi connectivity index (χ0) is 26.2. The van der Waals surface area contributed by atoms with Gasteiger partial charge in [0.2, 0.25) is 0 Å². The molecule has 0 fully saturated rings. The average molecular weight is 525 g/mol. The minimum Gasteiger partial charge on any atom is -0.233 e. The van der Waals surface area contributed by atoms with Crippen molar-refractivity contribution >= 4 is 19.9 Å². The van der Waals surface area contributed by atoms with Gasteiger partial charge in [0, 0.05) is 4.57 Å². The van der Waals surface area contributed by atoms with Gasteiger partial charge >= 0.3 is 8.25 Å². The second kappa shape index (κ2) is 12.4. The highest BCUT2D eigenvalue weighted by Gasteiger charge is 2.41. The van der Waals surface area contributed by atoms with E-state index < -0.39 is 13.8 Å². The number of alkyl halides is 1. The molecule has 1 aromatic heterocycles. The molecule has 0 amide bonds. The van der Waals surface area contributed by atoms with Crippen LogP contribution in [0.15, 0.2) is 97.3 Å². The number of benzene rings is 3. The van der Waals surface area contributed by atoms with E-state index in [9.17, 15) is 0 Å². The molecule has 0 aliphatic rings. The van der Waals surface area contributed by atoms with Crippen molar-refractivity contribution < 1.29 is 14.4 Å². The SMILES string of the molecule is CCC(C)(CC)C(Cl)c1ncn(C(c2ccccc2)(c2ccccc2)c2ccccc2)n1.O=[P+](O)O. The summed E-state index contributed by atoms with van der Waals surface area (Å²) < 4.78 is 10.7. The molecule has 0 saturated heterocycles. The molecular weight excluding hydrogens is 493 g/mol. The van der Waals surface area contributed by atoms with Crippen molar-refractivity contribution in [3.63, 3.8) is 0 Å². The zero-order valence-corrected chi connectivity index (χ0v) is 22.3. The fourth-order valence-corrected chi connectivity index (χ4v) is 4.82. The Labute approximate surface area is 218 Å². The normalized spacial score (nSPS) is 12.4. The van der Waals surface area contributed by atoms with Gasteiger partial charge in [0.15, 0.2) is 5.82 Å². The fraction of sp³-hybridized carbons (Fsp3) is 0.286.